The van der Waals surface area contributed by atoms with Gasteiger partial charge in [0.25, 0.3) is 5.95 Å². The lowest BCUT2D eigenvalue weighted by Crippen LogP contribution is -2.22. The molecule has 102 valence electrons. The van der Waals surface area contributed by atoms with Crippen molar-refractivity contribution in [1.82, 2.24) is 15.2 Å². The molecule has 0 unspecified atom stereocenters. The Hall–Kier alpha value is -2.55. The topological polar surface area (TPSA) is 117 Å². The molecule has 2 rings (SSSR count). The Morgan fingerprint density at radius 1 is 1.20 bits per heavy atom. The minimum Gasteiger partial charge on any atom is -0.478 e. The molecule has 1 aromatic carbocycles. The Labute approximate surface area is 121 Å². The third kappa shape index (κ3) is 3.48. The number of carboxylic acids is 1. The molecule has 0 aliphatic carbocycles. The van der Waals surface area contributed by atoms with E-state index >= 15 is 0 Å². The summed E-state index contributed by atoms with van der Waals surface area (Å²) in [6.45, 7) is 0. The number of hydrogen-bond acceptors (Lipinski definition) is 5. The van der Waals surface area contributed by atoms with Gasteiger partial charge in [0.05, 0.1) is 23.6 Å². The van der Waals surface area contributed by atoms with Gasteiger partial charge < -0.3 is 10.4 Å². The number of anilines is 2. The van der Waals surface area contributed by atoms with Crippen molar-refractivity contribution in [3.05, 3.63) is 40.6 Å². The summed E-state index contributed by atoms with van der Waals surface area (Å²) in [5, 5.41) is 20.9. The highest BCUT2D eigenvalue weighted by molar-refractivity contribution is 9.10. The zero-order chi connectivity index (χ0) is 14.5. The number of carbonyl (C=O) groups excluding carboxylic acids is 1. The van der Waals surface area contributed by atoms with E-state index in [9.17, 15) is 9.59 Å². The van der Waals surface area contributed by atoms with Crippen LogP contribution in [0.25, 0.3) is 0 Å². The molecule has 1 aromatic heterocycles. The molecule has 0 aliphatic rings. The first kappa shape index (κ1) is 13.9. The van der Waals surface area contributed by atoms with Crippen LogP contribution in [0.15, 0.2) is 35.1 Å². The predicted molar refractivity (Wildman–Crippen MR) is 73.6 cm³/mol. The lowest BCUT2D eigenvalue weighted by atomic mass is 10.2. The summed E-state index contributed by atoms with van der Waals surface area (Å²) in [5.74, 6) is -1.14. The predicted octanol–water partition coefficient (Wildman–Crippen LogP) is 1.98. The van der Waals surface area contributed by atoms with Crippen molar-refractivity contribution < 1.29 is 14.7 Å². The van der Waals surface area contributed by atoms with Crippen LogP contribution in [0.1, 0.15) is 10.4 Å². The van der Waals surface area contributed by atoms with Crippen molar-refractivity contribution in [3.8, 4) is 0 Å². The number of benzene rings is 1. The lowest BCUT2D eigenvalue weighted by Gasteiger charge is -2.09. The number of carbonyl (C=O) groups is 2. The van der Waals surface area contributed by atoms with Crippen molar-refractivity contribution in [2.75, 3.05) is 10.6 Å². The van der Waals surface area contributed by atoms with E-state index in [4.69, 9.17) is 5.11 Å². The fraction of sp³-hybridized carbons (Fsp3) is 0. The van der Waals surface area contributed by atoms with Crippen LogP contribution in [-0.4, -0.2) is 32.3 Å². The summed E-state index contributed by atoms with van der Waals surface area (Å²) >= 11 is 3.20. The summed E-state index contributed by atoms with van der Waals surface area (Å²) in [5.41, 5.74) is 0.115. The highest BCUT2D eigenvalue weighted by atomic mass is 79.9. The van der Waals surface area contributed by atoms with Crippen LogP contribution in [0.5, 0.6) is 0 Å². The van der Waals surface area contributed by atoms with Crippen LogP contribution in [0.3, 0.4) is 0 Å². The SMILES string of the molecule is O=C(Nc1nccnn1)Nc1cc(Br)ccc1C(=O)O. The van der Waals surface area contributed by atoms with Gasteiger partial charge in [0.1, 0.15) is 0 Å². The van der Waals surface area contributed by atoms with Gasteiger partial charge in [-0.3, -0.25) is 5.32 Å². The second kappa shape index (κ2) is 6.06. The maximum atomic E-state index is 11.7. The Bertz CT molecular complexity index is 650. The van der Waals surface area contributed by atoms with Crippen LogP contribution < -0.4 is 10.6 Å². The zero-order valence-electron chi connectivity index (χ0n) is 9.87. The first-order valence-corrected chi connectivity index (χ1v) is 6.10. The van der Waals surface area contributed by atoms with E-state index in [1.54, 1.807) is 6.07 Å². The zero-order valence-corrected chi connectivity index (χ0v) is 11.5. The van der Waals surface area contributed by atoms with Gasteiger partial charge in [-0.2, -0.15) is 5.10 Å². The Kier molecular flexibility index (Phi) is 4.20. The van der Waals surface area contributed by atoms with Gasteiger partial charge in [0.15, 0.2) is 0 Å². The minimum absolute atomic E-state index is 0.0110. The molecule has 2 aromatic rings. The standard InChI is InChI=1S/C11H8BrN5O3/c12-6-1-2-7(9(18)19)8(5-6)15-11(20)16-10-13-3-4-14-17-10/h1-5H,(H,18,19)(H2,13,15,16,17,20). The summed E-state index contributed by atoms with van der Waals surface area (Å²) in [4.78, 5) is 26.5. The molecule has 0 saturated heterocycles. The largest absolute Gasteiger partial charge is 0.478 e. The number of halogens is 1. The lowest BCUT2D eigenvalue weighted by molar-refractivity contribution is 0.0698. The molecular formula is C11H8BrN5O3. The molecule has 0 spiro atoms. The summed E-state index contributed by atoms with van der Waals surface area (Å²) in [6.07, 6.45) is 2.73. The molecule has 0 radical (unpaired) electrons. The van der Waals surface area contributed by atoms with E-state index in [0.717, 1.165) is 0 Å². The van der Waals surface area contributed by atoms with Gasteiger partial charge in [-0.05, 0) is 18.2 Å². The van der Waals surface area contributed by atoms with Crippen molar-refractivity contribution >= 4 is 39.6 Å². The van der Waals surface area contributed by atoms with Gasteiger partial charge in [-0.25, -0.2) is 14.6 Å². The van der Waals surface area contributed by atoms with Gasteiger partial charge in [-0.15, -0.1) is 5.10 Å². The number of nitrogens with zero attached hydrogens (tertiary/aromatic N) is 3. The number of aromatic carboxylic acids is 1. The Balaban J connectivity index is 2.15. The van der Waals surface area contributed by atoms with E-state index in [2.05, 4.69) is 41.7 Å². The molecule has 1 heterocycles. The third-order valence-electron chi connectivity index (χ3n) is 2.17. The number of rotatable bonds is 3. The monoisotopic (exact) mass is 337 g/mol. The van der Waals surface area contributed by atoms with E-state index in [-0.39, 0.29) is 17.2 Å². The van der Waals surface area contributed by atoms with E-state index in [1.807, 2.05) is 0 Å². The van der Waals surface area contributed by atoms with Crippen molar-refractivity contribution in [2.24, 2.45) is 0 Å². The molecule has 20 heavy (non-hydrogen) atoms. The maximum Gasteiger partial charge on any atom is 0.337 e. The molecule has 3 N–H and O–H groups in total. The summed E-state index contributed by atoms with van der Waals surface area (Å²) in [7, 11) is 0. The number of urea groups is 1. The molecule has 9 heteroatoms. The number of carboxylic acid groups (broad SMARTS) is 1. The van der Waals surface area contributed by atoms with Crippen LogP contribution >= 0.6 is 15.9 Å². The van der Waals surface area contributed by atoms with Crippen LogP contribution in [0, 0.1) is 0 Å². The molecule has 0 saturated carbocycles. The smallest absolute Gasteiger partial charge is 0.337 e. The normalized spacial score (nSPS) is 9.85. The first-order chi connectivity index (χ1) is 9.56. The van der Waals surface area contributed by atoms with Gasteiger partial charge in [0, 0.05) is 4.47 Å². The highest BCUT2D eigenvalue weighted by Crippen LogP contribution is 2.21. The van der Waals surface area contributed by atoms with Gasteiger partial charge in [0.2, 0.25) is 0 Å². The molecule has 0 atom stereocenters. The number of hydrogen-bond donors (Lipinski definition) is 3. The summed E-state index contributed by atoms with van der Waals surface area (Å²) in [6, 6.07) is 3.76. The van der Waals surface area contributed by atoms with Crippen molar-refractivity contribution in [1.29, 1.82) is 0 Å². The molecule has 0 bridgehead atoms. The molecule has 0 fully saturated rings. The minimum atomic E-state index is -1.15. The average molecular weight is 338 g/mol. The Morgan fingerprint density at radius 2 is 2.00 bits per heavy atom. The van der Waals surface area contributed by atoms with E-state index in [0.29, 0.717) is 4.47 Å². The van der Waals surface area contributed by atoms with E-state index in [1.165, 1.54) is 24.5 Å². The van der Waals surface area contributed by atoms with Gasteiger partial charge >= 0.3 is 12.0 Å². The van der Waals surface area contributed by atoms with E-state index < -0.39 is 12.0 Å². The molecule has 0 aliphatic heterocycles. The van der Waals surface area contributed by atoms with Gasteiger partial charge in [-0.1, -0.05) is 15.9 Å². The maximum absolute atomic E-state index is 11.7. The van der Waals surface area contributed by atoms with Crippen molar-refractivity contribution in [3.63, 3.8) is 0 Å². The van der Waals surface area contributed by atoms with Crippen LogP contribution in [0.2, 0.25) is 0 Å². The number of amides is 2. The molecular weight excluding hydrogens is 330 g/mol. The highest BCUT2D eigenvalue weighted by Gasteiger charge is 2.13. The van der Waals surface area contributed by atoms with Crippen molar-refractivity contribution in [2.45, 2.75) is 0 Å². The first-order valence-electron chi connectivity index (χ1n) is 5.31. The number of nitrogens with one attached hydrogen (secondary N) is 2. The quantitative estimate of drug-likeness (QED) is 0.788. The average Bonchev–Trinajstić information content (AvgIpc) is 2.39. The second-order valence-corrected chi connectivity index (χ2v) is 4.46. The van der Waals surface area contributed by atoms with Crippen LogP contribution in [0.4, 0.5) is 16.4 Å². The third-order valence-corrected chi connectivity index (χ3v) is 2.66. The Morgan fingerprint density at radius 3 is 2.65 bits per heavy atom. The van der Waals surface area contributed by atoms with Crippen LogP contribution in [-0.2, 0) is 0 Å². The summed E-state index contributed by atoms with van der Waals surface area (Å²) < 4.78 is 0.635. The number of aromatic nitrogens is 3. The second-order valence-electron chi connectivity index (χ2n) is 3.54. The fourth-order valence-corrected chi connectivity index (χ4v) is 1.73. The molecule has 8 nitrogen and oxygen atoms in total. The fourth-order valence-electron chi connectivity index (χ4n) is 1.37. The molecule has 2 amide bonds.